The van der Waals surface area contributed by atoms with Gasteiger partial charge in [0.25, 0.3) is 0 Å². The lowest BCUT2D eigenvalue weighted by molar-refractivity contribution is -0.141. The molecule has 0 bridgehead atoms. The van der Waals surface area contributed by atoms with Crippen molar-refractivity contribution >= 4 is 17.7 Å². The van der Waals surface area contributed by atoms with Gasteiger partial charge in [0.2, 0.25) is 5.91 Å². The first-order valence-electron chi connectivity index (χ1n) is 6.79. The zero-order chi connectivity index (χ0) is 15.6. The van der Waals surface area contributed by atoms with Gasteiger partial charge in [-0.3, -0.25) is 9.59 Å². The lowest BCUT2D eigenvalue weighted by Gasteiger charge is -2.30. The molecule has 1 aromatic heterocycles. The van der Waals surface area contributed by atoms with Crippen molar-refractivity contribution in [2.24, 2.45) is 11.7 Å². The van der Waals surface area contributed by atoms with E-state index < -0.39 is 17.8 Å². The molecule has 21 heavy (non-hydrogen) atoms. The molecule has 0 radical (unpaired) electrons. The molecule has 3 N–H and O–H groups in total. The minimum Gasteiger partial charge on any atom is -0.481 e. The van der Waals surface area contributed by atoms with Crippen LogP contribution in [0.1, 0.15) is 23.0 Å². The summed E-state index contributed by atoms with van der Waals surface area (Å²) in [7, 11) is 0. The van der Waals surface area contributed by atoms with Crippen LogP contribution in [0.3, 0.4) is 0 Å². The van der Waals surface area contributed by atoms with Crippen LogP contribution < -0.4 is 10.6 Å². The number of rotatable bonds is 5. The van der Waals surface area contributed by atoms with Crippen molar-refractivity contribution in [1.29, 1.82) is 0 Å². The van der Waals surface area contributed by atoms with Crippen LogP contribution in [0.2, 0.25) is 0 Å². The number of aromatic nitrogens is 1. The normalized spacial score (nSPS) is 21.2. The molecule has 7 heteroatoms. The number of aliphatic carboxylic acids is 1. The number of likely N-dealkylation sites (N-methyl/N-ethyl adjacent to an activating group) is 1. The van der Waals surface area contributed by atoms with Crippen LogP contribution in [-0.2, 0) is 9.53 Å². The number of carbonyl (C=O) groups excluding carboxylic acids is 1. The molecule has 0 aliphatic carbocycles. The van der Waals surface area contributed by atoms with Crippen LogP contribution in [0.5, 0.6) is 0 Å². The topological polar surface area (TPSA) is 106 Å². The summed E-state index contributed by atoms with van der Waals surface area (Å²) in [6, 6.07) is 2.90. The van der Waals surface area contributed by atoms with Crippen LogP contribution >= 0.6 is 0 Å². The number of pyridine rings is 1. The summed E-state index contributed by atoms with van der Waals surface area (Å²) in [5.74, 6) is -1.48. The Morgan fingerprint density at radius 3 is 2.76 bits per heavy atom. The summed E-state index contributed by atoms with van der Waals surface area (Å²) < 4.78 is 5.30. The SMILES string of the molecule is CCN(c1cc(C(N)=O)cc(C)n1)C1COCC1C(=O)O. The van der Waals surface area contributed by atoms with Crippen molar-refractivity contribution in [3.63, 3.8) is 0 Å². The molecule has 2 heterocycles. The summed E-state index contributed by atoms with van der Waals surface area (Å²) >= 11 is 0. The number of primary amides is 1. The summed E-state index contributed by atoms with van der Waals surface area (Å²) in [6.07, 6.45) is 0. The fourth-order valence-electron chi connectivity index (χ4n) is 2.59. The molecule has 2 atom stereocenters. The van der Waals surface area contributed by atoms with Crippen LogP contribution in [-0.4, -0.2) is 47.8 Å². The molecule has 0 saturated carbocycles. The lowest BCUT2D eigenvalue weighted by Crippen LogP contribution is -2.43. The minimum absolute atomic E-state index is 0.186. The predicted octanol–water partition coefficient (Wildman–Crippen LogP) is 0.415. The van der Waals surface area contributed by atoms with Crippen LogP contribution in [0.4, 0.5) is 5.82 Å². The van der Waals surface area contributed by atoms with E-state index >= 15 is 0 Å². The number of hydrogen-bond acceptors (Lipinski definition) is 5. The van der Waals surface area contributed by atoms with Crippen molar-refractivity contribution in [1.82, 2.24) is 4.98 Å². The number of amides is 1. The van der Waals surface area contributed by atoms with E-state index in [1.807, 2.05) is 11.8 Å². The molecule has 2 unspecified atom stereocenters. The van der Waals surface area contributed by atoms with E-state index in [0.717, 1.165) is 0 Å². The minimum atomic E-state index is -0.890. The Morgan fingerprint density at radius 2 is 2.19 bits per heavy atom. The second kappa shape index (κ2) is 6.09. The van der Waals surface area contributed by atoms with E-state index in [1.165, 1.54) is 0 Å². The zero-order valence-corrected chi connectivity index (χ0v) is 12.1. The predicted molar refractivity (Wildman–Crippen MR) is 76.2 cm³/mol. The first-order chi connectivity index (χ1) is 9.93. The maximum atomic E-state index is 11.4. The summed E-state index contributed by atoms with van der Waals surface area (Å²) in [4.78, 5) is 28.9. The van der Waals surface area contributed by atoms with Gasteiger partial charge >= 0.3 is 5.97 Å². The second-order valence-corrected chi connectivity index (χ2v) is 5.06. The molecule has 1 saturated heterocycles. The monoisotopic (exact) mass is 293 g/mol. The molecule has 1 aliphatic heterocycles. The molecule has 7 nitrogen and oxygen atoms in total. The van der Waals surface area contributed by atoms with E-state index in [9.17, 15) is 14.7 Å². The molecule has 1 aliphatic rings. The maximum Gasteiger partial charge on any atom is 0.311 e. The lowest BCUT2D eigenvalue weighted by atomic mass is 10.0. The third-order valence-corrected chi connectivity index (χ3v) is 3.63. The maximum absolute atomic E-state index is 11.4. The van der Waals surface area contributed by atoms with Crippen molar-refractivity contribution in [2.45, 2.75) is 19.9 Å². The van der Waals surface area contributed by atoms with E-state index in [1.54, 1.807) is 19.1 Å². The van der Waals surface area contributed by atoms with Gasteiger partial charge in [-0.1, -0.05) is 0 Å². The quantitative estimate of drug-likeness (QED) is 0.814. The van der Waals surface area contributed by atoms with Crippen LogP contribution in [0.25, 0.3) is 0 Å². The summed E-state index contributed by atoms with van der Waals surface area (Å²) in [6.45, 7) is 4.75. The molecular formula is C14H19N3O4. The Labute approximate surface area is 122 Å². The largest absolute Gasteiger partial charge is 0.481 e. The number of nitrogens with two attached hydrogens (primary N) is 1. The van der Waals surface area contributed by atoms with Gasteiger partial charge in [-0.2, -0.15) is 0 Å². The first kappa shape index (κ1) is 15.2. The first-order valence-corrected chi connectivity index (χ1v) is 6.79. The van der Waals surface area contributed by atoms with Crippen LogP contribution in [0.15, 0.2) is 12.1 Å². The summed E-state index contributed by atoms with van der Waals surface area (Å²) in [5, 5.41) is 9.27. The summed E-state index contributed by atoms with van der Waals surface area (Å²) in [5.41, 5.74) is 6.34. The standard InChI is InChI=1S/C14H19N3O4/c1-3-17(11-7-21-6-10(11)14(19)20)12-5-9(13(15)18)4-8(2)16-12/h4-5,10-11H,3,6-7H2,1-2H3,(H2,15,18)(H,19,20). The van der Waals surface area contributed by atoms with E-state index in [4.69, 9.17) is 10.5 Å². The van der Waals surface area contributed by atoms with Gasteiger partial charge in [0.1, 0.15) is 11.7 Å². The number of carbonyl (C=O) groups is 2. The van der Waals surface area contributed by atoms with Crippen molar-refractivity contribution in [2.75, 3.05) is 24.7 Å². The third kappa shape index (κ3) is 3.13. The van der Waals surface area contributed by atoms with Crippen molar-refractivity contribution in [3.8, 4) is 0 Å². The van der Waals surface area contributed by atoms with Gasteiger partial charge in [0.15, 0.2) is 0 Å². The van der Waals surface area contributed by atoms with Gasteiger partial charge < -0.3 is 20.5 Å². The molecule has 0 spiro atoms. The highest BCUT2D eigenvalue weighted by Gasteiger charge is 2.38. The van der Waals surface area contributed by atoms with Crippen molar-refractivity contribution in [3.05, 3.63) is 23.4 Å². The Hall–Kier alpha value is -2.15. The average molecular weight is 293 g/mol. The van der Waals surface area contributed by atoms with E-state index in [-0.39, 0.29) is 12.6 Å². The molecular weight excluding hydrogens is 274 g/mol. The molecule has 114 valence electrons. The number of aryl methyl sites for hydroxylation is 1. The fourth-order valence-corrected chi connectivity index (χ4v) is 2.59. The number of ether oxygens (including phenoxy) is 1. The highest BCUT2D eigenvalue weighted by Crippen LogP contribution is 2.25. The number of anilines is 1. The third-order valence-electron chi connectivity index (χ3n) is 3.63. The van der Waals surface area contributed by atoms with Gasteiger partial charge in [0.05, 0.1) is 19.3 Å². The smallest absolute Gasteiger partial charge is 0.311 e. The van der Waals surface area contributed by atoms with Gasteiger partial charge in [-0.25, -0.2) is 4.98 Å². The molecule has 1 amide bonds. The molecule has 0 aromatic carbocycles. The van der Waals surface area contributed by atoms with Crippen molar-refractivity contribution < 1.29 is 19.4 Å². The molecule has 2 rings (SSSR count). The highest BCUT2D eigenvalue weighted by molar-refractivity contribution is 5.93. The Balaban J connectivity index is 2.37. The van der Waals surface area contributed by atoms with Gasteiger partial charge in [0, 0.05) is 17.8 Å². The second-order valence-electron chi connectivity index (χ2n) is 5.06. The molecule has 1 aromatic rings. The average Bonchev–Trinajstić information content (AvgIpc) is 2.88. The fraction of sp³-hybridized carbons (Fsp3) is 0.500. The Morgan fingerprint density at radius 1 is 1.48 bits per heavy atom. The highest BCUT2D eigenvalue weighted by atomic mass is 16.5. The van der Waals surface area contributed by atoms with E-state index in [2.05, 4.69) is 4.98 Å². The number of hydrogen-bond donors (Lipinski definition) is 2. The number of carboxylic acid groups (broad SMARTS) is 1. The van der Waals surface area contributed by atoms with E-state index in [0.29, 0.717) is 30.2 Å². The Bertz CT molecular complexity index is 561. The number of nitrogens with zero attached hydrogens (tertiary/aromatic N) is 2. The molecule has 1 fully saturated rings. The van der Waals surface area contributed by atoms with Crippen LogP contribution in [0, 0.1) is 12.8 Å². The van der Waals surface area contributed by atoms with Gasteiger partial charge in [-0.15, -0.1) is 0 Å². The van der Waals surface area contributed by atoms with Gasteiger partial charge in [-0.05, 0) is 26.0 Å². The number of carboxylic acids is 1. The Kier molecular flexibility index (Phi) is 4.42. The zero-order valence-electron chi connectivity index (χ0n) is 12.1.